The van der Waals surface area contributed by atoms with E-state index < -0.39 is 0 Å². The van der Waals surface area contributed by atoms with Crippen molar-refractivity contribution in [3.8, 4) is 0 Å². The van der Waals surface area contributed by atoms with Crippen LogP contribution in [0.1, 0.15) is 53.4 Å². The van der Waals surface area contributed by atoms with Gasteiger partial charge in [0.15, 0.2) is 5.96 Å². The summed E-state index contributed by atoms with van der Waals surface area (Å²) in [6.07, 6.45) is 5.13. The van der Waals surface area contributed by atoms with Crippen molar-refractivity contribution in [2.24, 2.45) is 10.4 Å². The van der Waals surface area contributed by atoms with Gasteiger partial charge in [-0.15, -0.1) is 24.0 Å². The molecule has 2 rings (SSSR count). The number of rotatable bonds is 5. The van der Waals surface area contributed by atoms with Crippen LogP contribution >= 0.6 is 24.0 Å². The van der Waals surface area contributed by atoms with E-state index in [-0.39, 0.29) is 40.8 Å². The Kier molecular flexibility index (Phi) is 7.98. The Labute approximate surface area is 169 Å². The highest BCUT2D eigenvalue weighted by Gasteiger charge is 2.59. The average molecular weight is 466 g/mol. The third-order valence-electron chi connectivity index (χ3n) is 5.21. The summed E-state index contributed by atoms with van der Waals surface area (Å²) in [4.78, 5) is 18.4. The van der Waals surface area contributed by atoms with Gasteiger partial charge in [-0.3, -0.25) is 9.79 Å². The van der Waals surface area contributed by atoms with Crippen molar-refractivity contribution in [1.29, 1.82) is 0 Å². The molecule has 0 aromatic heterocycles. The highest BCUT2D eigenvalue weighted by molar-refractivity contribution is 14.0. The highest BCUT2D eigenvalue weighted by atomic mass is 127. The van der Waals surface area contributed by atoms with E-state index in [1.165, 1.54) is 19.3 Å². The van der Waals surface area contributed by atoms with Crippen molar-refractivity contribution in [1.82, 2.24) is 15.5 Å². The average Bonchev–Trinajstić information content (AvgIpc) is 2.37. The van der Waals surface area contributed by atoms with Gasteiger partial charge in [-0.2, -0.15) is 0 Å². The van der Waals surface area contributed by atoms with Gasteiger partial charge >= 0.3 is 0 Å². The van der Waals surface area contributed by atoms with Gasteiger partial charge in [-0.25, -0.2) is 0 Å². The molecule has 7 heteroatoms. The van der Waals surface area contributed by atoms with Crippen LogP contribution < -0.4 is 10.6 Å². The van der Waals surface area contributed by atoms with E-state index in [0.717, 1.165) is 19.0 Å². The van der Waals surface area contributed by atoms with Gasteiger partial charge in [0.25, 0.3) is 0 Å². The molecule has 146 valence electrons. The van der Waals surface area contributed by atoms with Gasteiger partial charge in [0.2, 0.25) is 5.91 Å². The molecule has 1 spiro atoms. The Hall–Kier alpha value is -0.570. The number of amides is 1. The van der Waals surface area contributed by atoms with Gasteiger partial charge in [-0.05, 0) is 47.0 Å². The number of halogens is 1. The summed E-state index contributed by atoms with van der Waals surface area (Å²) in [5.74, 6) is 0.789. The van der Waals surface area contributed by atoms with E-state index in [1.54, 1.807) is 7.05 Å². The molecular formula is C18H35IN4O2. The minimum Gasteiger partial charge on any atom is -0.378 e. The second-order valence-corrected chi connectivity index (χ2v) is 8.16. The molecule has 1 amide bonds. The molecule has 0 aromatic carbocycles. The Bertz CT molecular complexity index is 486. The largest absolute Gasteiger partial charge is 0.378 e. The molecule has 0 radical (unpaired) electrons. The summed E-state index contributed by atoms with van der Waals surface area (Å²) in [5.41, 5.74) is 0.0595. The van der Waals surface area contributed by atoms with Crippen LogP contribution in [0, 0.1) is 5.41 Å². The summed E-state index contributed by atoms with van der Waals surface area (Å²) in [6.45, 7) is 9.10. The first kappa shape index (κ1) is 22.5. The number of nitrogens with one attached hydrogen (secondary N) is 2. The van der Waals surface area contributed by atoms with Crippen LogP contribution in [-0.2, 0) is 9.53 Å². The monoisotopic (exact) mass is 466 g/mol. The minimum absolute atomic E-state index is 0. The van der Waals surface area contributed by atoms with Crippen LogP contribution in [0.15, 0.2) is 4.99 Å². The summed E-state index contributed by atoms with van der Waals surface area (Å²) >= 11 is 0. The van der Waals surface area contributed by atoms with E-state index in [0.29, 0.717) is 18.7 Å². The van der Waals surface area contributed by atoms with E-state index >= 15 is 0 Å². The predicted octanol–water partition coefficient (Wildman–Crippen LogP) is 2.37. The van der Waals surface area contributed by atoms with E-state index in [1.807, 2.05) is 32.7 Å². The Morgan fingerprint density at radius 1 is 1.36 bits per heavy atom. The van der Waals surface area contributed by atoms with Gasteiger partial charge in [-0.1, -0.05) is 6.42 Å². The van der Waals surface area contributed by atoms with Crippen molar-refractivity contribution in [2.45, 2.75) is 71.1 Å². The first-order valence-electron chi connectivity index (χ1n) is 9.09. The molecule has 0 aliphatic heterocycles. The zero-order valence-corrected chi connectivity index (χ0v) is 18.8. The van der Waals surface area contributed by atoms with Crippen LogP contribution in [0.5, 0.6) is 0 Å². The second-order valence-electron chi connectivity index (χ2n) is 8.16. The number of carbonyl (C=O) groups excluding carboxylic acids is 1. The molecule has 2 N–H and O–H groups in total. The maximum atomic E-state index is 12.1. The summed E-state index contributed by atoms with van der Waals surface area (Å²) in [5, 5.41) is 6.56. The normalized spacial score (nSPS) is 24.6. The molecule has 0 heterocycles. The lowest BCUT2D eigenvalue weighted by Gasteiger charge is -2.61. The molecule has 0 bridgehead atoms. The third-order valence-corrected chi connectivity index (χ3v) is 5.21. The zero-order chi connectivity index (χ0) is 18.0. The third kappa shape index (κ3) is 5.21. The molecule has 2 aliphatic rings. The fraction of sp³-hybridized carbons (Fsp3) is 0.889. The number of hydrogen-bond acceptors (Lipinski definition) is 3. The van der Waals surface area contributed by atoms with Gasteiger partial charge < -0.3 is 20.3 Å². The SMILES string of the molecule is CCOC1CC(NC(=NC)N(C)CC(=O)NC(C)(C)C)C12CCC2.I. The summed E-state index contributed by atoms with van der Waals surface area (Å²) < 4.78 is 5.90. The molecule has 0 saturated heterocycles. The number of aliphatic imine (C=N–C) groups is 1. The van der Waals surface area contributed by atoms with Crippen molar-refractivity contribution >= 4 is 35.8 Å². The Morgan fingerprint density at radius 2 is 2.00 bits per heavy atom. The number of guanidine groups is 1. The van der Waals surface area contributed by atoms with Crippen molar-refractivity contribution in [2.75, 3.05) is 27.2 Å². The zero-order valence-electron chi connectivity index (χ0n) is 16.5. The molecule has 2 atom stereocenters. The van der Waals surface area contributed by atoms with Crippen molar-refractivity contribution < 1.29 is 9.53 Å². The highest BCUT2D eigenvalue weighted by Crippen LogP contribution is 2.57. The predicted molar refractivity (Wildman–Crippen MR) is 113 cm³/mol. The van der Waals surface area contributed by atoms with Crippen LogP contribution in [-0.4, -0.2) is 61.7 Å². The Morgan fingerprint density at radius 3 is 2.44 bits per heavy atom. The molecule has 2 unspecified atom stereocenters. The molecule has 6 nitrogen and oxygen atoms in total. The lowest BCUT2D eigenvalue weighted by molar-refractivity contribution is -0.168. The minimum atomic E-state index is -0.219. The topological polar surface area (TPSA) is 66.0 Å². The molecule has 2 fully saturated rings. The molecule has 0 aromatic rings. The molecule has 2 aliphatic carbocycles. The van der Waals surface area contributed by atoms with E-state index in [9.17, 15) is 4.79 Å². The smallest absolute Gasteiger partial charge is 0.240 e. The lowest BCUT2D eigenvalue weighted by atomic mass is 9.51. The quantitative estimate of drug-likeness (QED) is 0.371. The standard InChI is InChI=1S/C18H34N4O2.HI/c1-7-24-14-11-13(18(14)9-8-10-18)20-16(19-5)22(6)12-15(23)21-17(2,3)4;/h13-14H,7-12H2,1-6H3,(H,19,20)(H,21,23);1H. The number of likely N-dealkylation sites (N-methyl/N-ethyl adjacent to an activating group) is 1. The van der Waals surface area contributed by atoms with Gasteiger partial charge in [0.1, 0.15) is 0 Å². The first-order valence-corrected chi connectivity index (χ1v) is 9.09. The van der Waals surface area contributed by atoms with Crippen LogP contribution in [0.2, 0.25) is 0 Å². The molecule has 2 saturated carbocycles. The van der Waals surface area contributed by atoms with E-state index in [2.05, 4.69) is 22.5 Å². The molecular weight excluding hydrogens is 431 g/mol. The van der Waals surface area contributed by atoms with Crippen molar-refractivity contribution in [3.63, 3.8) is 0 Å². The van der Waals surface area contributed by atoms with Gasteiger partial charge in [0, 0.05) is 37.7 Å². The van der Waals surface area contributed by atoms with Crippen molar-refractivity contribution in [3.05, 3.63) is 0 Å². The number of hydrogen-bond donors (Lipinski definition) is 2. The second kappa shape index (κ2) is 8.88. The molecule has 25 heavy (non-hydrogen) atoms. The van der Waals surface area contributed by atoms with Crippen LogP contribution in [0.3, 0.4) is 0 Å². The number of ether oxygens (including phenoxy) is 1. The number of carbonyl (C=O) groups is 1. The fourth-order valence-corrected chi connectivity index (χ4v) is 3.89. The summed E-state index contributed by atoms with van der Waals surface area (Å²) in [6, 6.07) is 0.398. The van der Waals surface area contributed by atoms with E-state index in [4.69, 9.17) is 4.74 Å². The number of nitrogens with zero attached hydrogens (tertiary/aromatic N) is 2. The maximum Gasteiger partial charge on any atom is 0.240 e. The maximum absolute atomic E-state index is 12.1. The lowest BCUT2D eigenvalue weighted by Crippen LogP contribution is -2.68. The van der Waals surface area contributed by atoms with Crippen LogP contribution in [0.4, 0.5) is 0 Å². The fourth-order valence-electron chi connectivity index (χ4n) is 3.89. The van der Waals surface area contributed by atoms with Crippen LogP contribution in [0.25, 0.3) is 0 Å². The Balaban J connectivity index is 0.00000312. The van der Waals surface area contributed by atoms with Gasteiger partial charge in [0.05, 0.1) is 12.6 Å². The first-order chi connectivity index (χ1) is 11.2. The summed E-state index contributed by atoms with van der Waals surface area (Å²) in [7, 11) is 3.68.